The van der Waals surface area contributed by atoms with Gasteiger partial charge in [0.1, 0.15) is 17.1 Å². The highest BCUT2D eigenvalue weighted by molar-refractivity contribution is 6.04. The normalized spacial score (nSPS) is 11.7. The number of anilines is 2. The minimum absolute atomic E-state index is 0.109. The van der Waals surface area contributed by atoms with Crippen LogP contribution in [0.5, 0.6) is 0 Å². The molecule has 2 N–H and O–H groups in total. The van der Waals surface area contributed by atoms with Gasteiger partial charge in [-0.3, -0.25) is 15.1 Å². The van der Waals surface area contributed by atoms with Crippen molar-refractivity contribution in [2.45, 2.75) is 32.5 Å². The van der Waals surface area contributed by atoms with Gasteiger partial charge in [0.15, 0.2) is 0 Å². The van der Waals surface area contributed by atoms with Crippen molar-refractivity contribution in [3.63, 3.8) is 0 Å². The summed E-state index contributed by atoms with van der Waals surface area (Å²) in [6, 6.07) is 5.02. The molecule has 0 bridgehead atoms. The van der Waals surface area contributed by atoms with E-state index in [1.165, 1.54) is 6.07 Å². The molecule has 0 saturated heterocycles. The Morgan fingerprint density at radius 1 is 1.04 bits per heavy atom. The Morgan fingerprint density at radius 3 is 2.25 bits per heavy atom. The molecule has 2 amide bonds. The molecule has 1 aromatic heterocycles. The van der Waals surface area contributed by atoms with Gasteiger partial charge in [-0.25, -0.2) is 9.18 Å². The average Bonchev–Trinajstić information content (AvgIpc) is 2.55. The van der Waals surface area contributed by atoms with Gasteiger partial charge in [0.2, 0.25) is 0 Å². The van der Waals surface area contributed by atoms with E-state index in [-0.39, 0.29) is 16.9 Å². The van der Waals surface area contributed by atoms with E-state index < -0.39 is 35.3 Å². The first kappa shape index (κ1) is 21.1. The summed E-state index contributed by atoms with van der Waals surface area (Å²) in [5, 5.41) is 4.61. The van der Waals surface area contributed by atoms with Crippen LogP contribution in [0.15, 0.2) is 36.5 Å². The molecule has 0 unspecified atom stereocenters. The maximum atomic E-state index is 13.9. The molecule has 10 heteroatoms. The lowest BCUT2D eigenvalue weighted by molar-refractivity contribution is -0.141. The van der Waals surface area contributed by atoms with E-state index in [4.69, 9.17) is 4.74 Å². The SMILES string of the molecule is CC(C)(C)OC(=O)Nc1cc(NC(=O)c2ccc(C(F)(F)F)nc2)ccc1F. The number of hydrogen-bond acceptors (Lipinski definition) is 4. The van der Waals surface area contributed by atoms with Gasteiger partial charge in [0.05, 0.1) is 11.3 Å². The molecule has 2 rings (SSSR count). The van der Waals surface area contributed by atoms with Crippen LogP contribution < -0.4 is 10.6 Å². The lowest BCUT2D eigenvalue weighted by Gasteiger charge is -2.20. The molecular weight excluding hydrogens is 382 g/mol. The van der Waals surface area contributed by atoms with Crippen molar-refractivity contribution < 1.29 is 31.9 Å². The number of rotatable bonds is 3. The molecule has 0 spiro atoms. The summed E-state index contributed by atoms with van der Waals surface area (Å²) in [6.07, 6.45) is -4.72. The van der Waals surface area contributed by atoms with Gasteiger partial charge >= 0.3 is 12.3 Å². The quantitative estimate of drug-likeness (QED) is 0.724. The molecular formula is C18H17F4N3O3. The Labute approximate surface area is 157 Å². The number of benzene rings is 1. The molecule has 1 heterocycles. The van der Waals surface area contributed by atoms with Gasteiger partial charge in [-0.15, -0.1) is 0 Å². The molecule has 0 aliphatic heterocycles. The molecule has 0 saturated carbocycles. The van der Waals surface area contributed by atoms with E-state index in [0.29, 0.717) is 6.07 Å². The topological polar surface area (TPSA) is 80.3 Å². The average molecular weight is 399 g/mol. The summed E-state index contributed by atoms with van der Waals surface area (Å²) >= 11 is 0. The summed E-state index contributed by atoms with van der Waals surface area (Å²) in [6.45, 7) is 4.91. The number of ether oxygens (including phenoxy) is 1. The fourth-order valence-electron chi connectivity index (χ4n) is 2.01. The maximum absolute atomic E-state index is 13.9. The van der Waals surface area contributed by atoms with Crippen molar-refractivity contribution in [1.82, 2.24) is 4.98 Å². The summed E-state index contributed by atoms with van der Waals surface area (Å²) < 4.78 is 56.4. The molecule has 150 valence electrons. The second-order valence-corrected chi connectivity index (χ2v) is 6.71. The Bertz CT molecular complexity index is 875. The number of aromatic nitrogens is 1. The lowest BCUT2D eigenvalue weighted by Crippen LogP contribution is -2.27. The number of halogens is 4. The van der Waals surface area contributed by atoms with Gasteiger partial charge < -0.3 is 10.1 Å². The van der Waals surface area contributed by atoms with Crippen LogP contribution in [0.25, 0.3) is 0 Å². The van der Waals surface area contributed by atoms with Crippen LogP contribution in [0.2, 0.25) is 0 Å². The van der Waals surface area contributed by atoms with Gasteiger partial charge in [0, 0.05) is 11.9 Å². The number of amides is 2. The van der Waals surface area contributed by atoms with Gasteiger partial charge in [-0.2, -0.15) is 13.2 Å². The Kier molecular flexibility index (Phi) is 5.91. The largest absolute Gasteiger partial charge is 0.444 e. The molecule has 2 aromatic rings. The molecule has 1 aromatic carbocycles. The highest BCUT2D eigenvalue weighted by Crippen LogP contribution is 2.27. The number of carbonyl (C=O) groups excluding carboxylic acids is 2. The summed E-state index contributed by atoms with van der Waals surface area (Å²) in [4.78, 5) is 27.1. The first-order chi connectivity index (χ1) is 12.8. The molecule has 0 aliphatic carbocycles. The van der Waals surface area contributed by atoms with E-state index in [1.807, 2.05) is 0 Å². The number of nitrogens with zero attached hydrogens (tertiary/aromatic N) is 1. The second-order valence-electron chi connectivity index (χ2n) is 6.71. The summed E-state index contributed by atoms with van der Waals surface area (Å²) in [7, 11) is 0. The van der Waals surface area contributed by atoms with E-state index in [0.717, 1.165) is 24.4 Å². The van der Waals surface area contributed by atoms with Gasteiger partial charge in [0.25, 0.3) is 5.91 Å². The van der Waals surface area contributed by atoms with Crippen molar-refractivity contribution in [3.8, 4) is 0 Å². The third-order valence-corrected chi connectivity index (χ3v) is 3.18. The monoisotopic (exact) mass is 399 g/mol. The van der Waals surface area contributed by atoms with Crippen LogP contribution in [0.1, 0.15) is 36.8 Å². The van der Waals surface area contributed by atoms with Gasteiger partial charge in [-0.1, -0.05) is 0 Å². The number of hydrogen-bond donors (Lipinski definition) is 2. The molecule has 0 radical (unpaired) electrons. The predicted octanol–water partition coefficient (Wildman–Crippen LogP) is 4.84. The van der Waals surface area contributed by atoms with Crippen LogP contribution in [0.4, 0.5) is 33.7 Å². The van der Waals surface area contributed by atoms with Crippen molar-refractivity contribution in [2.75, 3.05) is 10.6 Å². The van der Waals surface area contributed by atoms with Crippen molar-refractivity contribution in [1.29, 1.82) is 0 Å². The smallest absolute Gasteiger partial charge is 0.433 e. The first-order valence-corrected chi connectivity index (χ1v) is 7.99. The van der Waals surface area contributed by atoms with E-state index in [2.05, 4.69) is 15.6 Å². The summed E-state index contributed by atoms with van der Waals surface area (Å²) in [5.41, 5.74) is -2.18. The zero-order valence-corrected chi connectivity index (χ0v) is 15.1. The summed E-state index contributed by atoms with van der Waals surface area (Å²) in [5.74, 6) is -1.52. The van der Waals surface area contributed by atoms with E-state index in [1.54, 1.807) is 20.8 Å². The Balaban J connectivity index is 2.12. The van der Waals surface area contributed by atoms with Crippen molar-refractivity contribution in [2.24, 2.45) is 0 Å². The van der Waals surface area contributed by atoms with E-state index in [9.17, 15) is 27.2 Å². The highest BCUT2D eigenvalue weighted by Gasteiger charge is 2.32. The number of carbonyl (C=O) groups is 2. The number of nitrogens with one attached hydrogen (secondary N) is 2. The van der Waals surface area contributed by atoms with Crippen LogP contribution >= 0.6 is 0 Å². The molecule has 0 fully saturated rings. The third-order valence-electron chi connectivity index (χ3n) is 3.18. The van der Waals surface area contributed by atoms with Crippen molar-refractivity contribution >= 4 is 23.4 Å². The number of pyridine rings is 1. The zero-order valence-electron chi connectivity index (χ0n) is 15.1. The standard InChI is InChI=1S/C18H17F4N3O3/c1-17(2,3)28-16(27)25-13-8-11(5-6-12(13)19)24-15(26)10-4-7-14(23-9-10)18(20,21)22/h4-9H,1-3H3,(H,24,26)(H,25,27). The Hall–Kier alpha value is -3.17. The second kappa shape index (κ2) is 7.83. The predicted molar refractivity (Wildman–Crippen MR) is 93.4 cm³/mol. The Morgan fingerprint density at radius 2 is 1.71 bits per heavy atom. The van der Waals surface area contributed by atoms with Crippen LogP contribution in [0, 0.1) is 5.82 Å². The minimum Gasteiger partial charge on any atom is -0.444 e. The van der Waals surface area contributed by atoms with Gasteiger partial charge in [-0.05, 0) is 51.1 Å². The number of alkyl halides is 3. The fraction of sp³-hybridized carbons (Fsp3) is 0.278. The van der Waals surface area contributed by atoms with E-state index >= 15 is 0 Å². The van der Waals surface area contributed by atoms with Crippen LogP contribution in [0.3, 0.4) is 0 Å². The van der Waals surface area contributed by atoms with Crippen molar-refractivity contribution in [3.05, 3.63) is 53.6 Å². The maximum Gasteiger partial charge on any atom is 0.433 e. The first-order valence-electron chi connectivity index (χ1n) is 7.99. The van der Waals surface area contributed by atoms with Crippen LogP contribution in [-0.2, 0) is 10.9 Å². The lowest BCUT2D eigenvalue weighted by atomic mass is 10.2. The highest BCUT2D eigenvalue weighted by atomic mass is 19.4. The minimum atomic E-state index is -4.62. The third kappa shape index (κ3) is 5.93. The fourth-order valence-corrected chi connectivity index (χ4v) is 2.01. The zero-order chi connectivity index (χ0) is 21.1. The molecule has 0 atom stereocenters. The molecule has 6 nitrogen and oxygen atoms in total. The molecule has 0 aliphatic rings. The van der Waals surface area contributed by atoms with Crippen LogP contribution in [-0.4, -0.2) is 22.6 Å². The molecule has 28 heavy (non-hydrogen) atoms.